The van der Waals surface area contributed by atoms with Crippen LogP contribution in [-0.2, 0) is 20.5 Å². The number of carbonyl (C=O) groups excluding carboxylic acids is 1. The number of hydrogen-bond donors (Lipinski definition) is 3. The van der Waals surface area contributed by atoms with Gasteiger partial charge >= 0.3 is 5.97 Å². The SMILES string of the molecule is COc1ccc(CO[C@H]2CC(C[C@H](O)C[C@@H](O)C[C@@H](CCO[Si](C)(C)C(C)(C)C)OC(=O)c3ccc(OC)cc3)=CC[C@H](O)C2)cc1. The van der Waals surface area contributed by atoms with Gasteiger partial charge in [-0.05, 0) is 85.8 Å². The molecule has 0 radical (unpaired) electrons. The van der Waals surface area contributed by atoms with E-state index in [1.165, 1.54) is 0 Å². The molecule has 0 unspecified atom stereocenters. The molecule has 0 amide bonds. The molecule has 0 bridgehead atoms. The molecule has 3 rings (SSSR count). The fraction of sp³-hybridized carbons (Fsp3) is 0.595. The first-order chi connectivity index (χ1) is 22.2. The van der Waals surface area contributed by atoms with E-state index in [4.69, 9.17) is 23.4 Å². The average molecular weight is 673 g/mol. The fourth-order valence-corrected chi connectivity index (χ4v) is 6.39. The summed E-state index contributed by atoms with van der Waals surface area (Å²) in [6, 6.07) is 14.4. The van der Waals surface area contributed by atoms with Crippen LogP contribution in [-0.4, -0.2) is 81.0 Å². The number of esters is 1. The summed E-state index contributed by atoms with van der Waals surface area (Å²) in [5.41, 5.74) is 2.39. The Morgan fingerprint density at radius 3 is 2.15 bits per heavy atom. The van der Waals surface area contributed by atoms with Gasteiger partial charge in [-0.25, -0.2) is 4.79 Å². The van der Waals surface area contributed by atoms with Crippen molar-refractivity contribution in [3.8, 4) is 11.5 Å². The third-order valence-corrected chi connectivity index (χ3v) is 13.8. The summed E-state index contributed by atoms with van der Waals surface area (Å²) in [7, 11) is 1.17. The van der Waals surface area contributed by atoms with E-state index >= 15 is 0 Å². The Hall–Kier alpha value is -2.73. The van der Waals surface area contributed by atoms with Crippen molar-refractivity contribution in [3.63, 3.8) is 0 Å². The molecule has 0 aliphatic heterocycles. The van der Waals surface area contributed by atoms with Crippen LogP contribution >= 0.6 is 0 Å². The maximum absolute atomic E-state index is 13.0. The molecular weight excluding hydrogens is 616 g/mol. The van der Waals surface area contributed by atoms with Crippen molar-refractivity contribution in [3.05, 3.63) is 71.3 Å². The highest BCUT2D eigenvalue weighted by Gasteiger charge is 2.37. The number of rotatable bonds is 17. The molecule has 0 saturated carbocycles. The molecule has 0 heterocycles. The molecule has 3 N–H and O–H groups in total. The molecule has 5 atom stereocenters. The molecule has 0 spiro atoms. The van der Waals surface area contributed by atoms with Gasteiger partial charge in [0, 0.05) is 25.9 Å². The van der Waals surface area contributed by atoms with Gasteiger partial charge in [0.15, 0.2) is 8.32 Å². The lowest BCUT2D eigenvalue weighted by Crippen LogP contribution is -2.41. The summed E-state index contributed by atoms with van der Waals surface area (Å²) >= 11 is 0. The lowest BCUT2D eigenvalue weighted by Gasteiger charge is -2.36. The van der Waals surface area contributed by atoms with Crippen LogP contribution in [0.3, 0.4) is 0 Å². The van der Waals surface area contributed by atoms with E-state index in [0.717, 1.165) is 16.9 Å². The molecule has 2 aromatic carbocycles. The van der Waals surface area contributed by atoms with Crippen molar-refractivity contribution < 1.29 is 43.5 Å². The van der Waals surface area contributed by atoms with Gasteiger partial charge < -0.3 is 38.7 Å². The Kier molecular flexibility index (Phi) is 14.9. The lowest BCUT2D eigenvalue weighted by atomic mass is 9.96. The maximum Gasteiger partial charge on any atom is 0.338 e. The average Bonchev–Trinajstić information content (AvgIpc) is 3.19. The van der Waals surface area contributed by atoms with Crippen molar-refractivity contribution in [2.24, 2.45) is 0 Å². The summed E-state index contributed by atoms with van der Waals surface area (Å²) in [4.78, 5) is 13.0. The van der Waals surface area contributed by atoms with E-state index in [-0.39, 0.29) is 24.0 Å². The fourth-order valence-electron chi connectivity index (χ4n) is 5.32. The smallest absolute Gasteiger partial charge is 0.338 e. The summed E-state index contributed by atoms with van der Waals surface area (Å²) in [5, 5.41) is 32.6. The largest absolute Gasteiger partial charge is 0.497 e. The highest BCUT2D eigenvalue weighted by molar-refractivity contribution is 6.74. The van der Waals surface area contributed by atoms with E-state index in [2.05, 4.69) is 33.9 Å². The van der Waals surface area contributed by atoms with Crippen molar-refractivity contribution in [2.45, 2.75) is 121 Å². The van der Waals surface area contributed by atoms with Crippen LogP contribution in [0.2, 0.25) is 18.1 Å². The number of methoxy groups -OCH3 is 2. The van der Waals surface area contributed by atoms with Gasteiger partial charge in [-0.3, -0.25) is 0 Å². The molecule has 0 saturated heterocycles. The summed E-state index contributed by atoms with van der Waals surface area (Å²) < 4.78 is 28.8. The summed E-state index contributed by atoms with van der Waals surface area (Å²) in [6.07, 6.45) is 1.63. The van der Waals surface area contributed by atoms with E-state index in [1.807, 2.05) is 30.3 Å². The van der Waals surface area contributed by atoms with E-state index in [1.54, 1.807) is 38.5 Å². The third kappa shape index (κ3) is 13.0. The Morgan fingerprint density at radius 2 is 1.55 bits per heavy atom. The standard InChI is InChI=1S/C37H56O9Si/c1-37(2,3)47(6,7)45-19-18-34(46-36(41)28-11-16-33(43-5)17-12-28)24-31(40)22-30(39)20-27-8-13-29(38)23-35(21-27)44-25-26-9-14-32(42-4)15-10-26/h8-12,14-17,29-31,34-35,38-40H,13,18-25H2,1-7H3/t29-,30-,31+,34+,35-/m0/s1. The number of benzene rings is 2. The molecule has 0 aromatic heterocycles. The predicted molar refractivity (Wildman–Crippen MR) is 185 cm³/mol. The van der Waals surface area contributed by atoms with E-state index < -0.39 is 38.7 Å². The number of aliphatic hydroxyl groups is 3. The van der Waals surface area contributed by atoms with Crippen LogP contribution in [0, 0.1) is 0 Å². The predicted octanol–water partition coefficient (Wildman–Crippen LogP) is 6.59. The minimum absolute atomic E-state index is 0.0361. The normalized spacial score (nSPS) is 19.2. The van der Waals surface area contributed by atoms with Crippen molar-refractivity contribution >= 4 is 14.3 Å². The van der Waals surface area contributed by atoms with Gasteiger partial charge in [0.25, 0.3) is 0 Å². The van der Waals surface area contributed by atoms with E-state index in [0.29, 0.717) is 56.6 Å². The summed E-state index contributed by atoms with van der Waals surface area (Å²) in [5.74, 6) is 0.931. The zero-order chi connectivity index (χ0) is 34.6. The zero-order valence-corrected chi connectivity index (χ0v) is 30.2. The topological polar surface area (TPSA) is 124 Å². The lowest BCUT2D eigenvalue weighted by molar-refractivity contribution is -0.00120. The number of carbonyl (C=O) groups is 1. The molecule has 0 fully saturated rings. The zero-order valence-electron chi connectivity index (χ0n) is 29.2. The molecule has 1 aliphatic rings. The van der Waals surface area contributed by atoms with Crippen LogP contribution in [0.15, 0.2) is 60.2 Å². The monoisotopic (exact) mass is 672 g/mol. The van der Waals surface area contributed by atoms with Crippen molar-refractivity contribution in [1.82, 2.24) is 0 Å². The summed E-state index contributed by atoms with van der Waals surface area (Å²) in [6.45, 7) is 11.7. The van der Waals surface area contributed by atoms with Gasteiger partial charge in [0.1, 0.15) is 17.6 Å². The van der Waals surface area contributed by atoms with Crippen LogP contribution in [0.5, 0.6) is 11.5 Å². The molecule has 10 heteroatoms. The quantitative estimate of drug-likeness (QED) is 0.0970. The van der Waals surface area contributed by atoms with Crippen LogP contribution < -0.4 is 9.47 Å². The van der Waals surface area contributed by atoms with Gasteiger partial charge in [-0.1, -0.05) is 44.6 Å². The second-order valence-corrected chi connectivity index (χ2v) is 18.9. The molecule has 47 heavy (non-hydrogen) atoms. The molecule has 262 valence electrons. The number of aliphatic hydroxyl groups excluding tert-OH is 3. The van der Waals surface area contributed by atoms with E-state index in [9.17, 15) is 20.1 Å². The third-order valence-electron chi connectivity index (χ3n) is 9.23. The number of hydrogen-bond acceptors (Lipinski definition) is 9. The first-order valence-electron chi connectivity index (χ1n) is 16.6. The molecule has 2 aromatic rings. The van der Waals surface area contributed by atoms with Crippen molar-refractivity contribution in [1.29, 1.82) is 0 Å². The number of ether oxygens (including phenoxy) is 4. The maximum atomic E-state index is 13.0. The Labute approximate surface area is 282 Å². The first kappa shape index (κ1) is 38.7. The minimum atomic E-state index is -2.02. The van der Waals surface area contributed by atoms with Crippen LogP contribution in [0.25, 0.3) is 0 Å². The second-order valence-electron chi connectivity index (χ2n) is 14.1. The molecule has 9 nitrogen and oxygen atoms in total. The molecule has 1 aliphatic carbocycles. The van der Waals surface area contributed by atoms with Gasteiger partial charge in [-0.2, -0.15) is 0 Å². The Morgan fingerprint density at radius 1 is 0.936 bits per heavy atom. The van der Waals surface area contributed by atoms with Crippen LogP contribution in [0.4, 0.5) is 0 Å². The van der Waals surface area contributed by atoms with Crippen LogP contribution in [0.1, 0.15) is 81.6 Å². The van der Waals surface area contributed by atoms with Crippen molar-refractivity contribution in [2.75, 3.05) is 20.8 Å². The van der Waals surface area contributed by atoms with Gasteiger partial charge in [0.05, 0.1) is 50.8 Å². The van der Waals surface area contributed by atoms with Gasteiger partial charge in [0.2, 0.25) is 0 Å². The minimum Gasteiger partial charge on any atom is -0.497 e. The highest BCUT2D eigenvalue weighted by atomic mass is 28.4. The first-order valence-corrected chi connectivity index (χ1v) is 19.6. The molecular formula is C37H56O9Si. The second kappa shape index (κ2) is 18.1. The highest BCUT2D eigenvalue weighted by Crippen LogP contribution is 2.37. The Balaban J connectivity index is 1.58. The van der Waals surface area contributed by atoms with Gasteiger partial charge in [-0.15, -0.1) is 0 Å². The Bertz CT molecular complexity index is 1250.